The zero-order valence-electron chi connectivity index (χ0n) is 12.6. The summed E-state index contributed by atoms with van der Waals surface area (Å²) in [5.74, 6) is 0. The van der Waals surface area contributed by atoms with Gasteiger partial charge in [-0.3, -0.25) is 0 Å². The van der Waals surface area contributed by atoms with E-state index < -0.39 is 0 Å². The Morgan fingerprint density at radius 1 is 1.15 bits per heavy atom. The third-order valence-corrected chi connectivity index (χ3v) is 4.61. The monoisotopic (exact) mass is 311 g/mol. The third kappa shape index (κ3) is 3.80. The van der Waals surface area contributed by atoms with Gasteiger partial charge < -0.3 is 5.32 Å². The summed E-state index contributed by atoms with van der Waals surface area (Å²) in [4.78, 5) is 1.05. The first-order valence-corrected chi connectivity index (χ1v) is 8.36. The van der Waals surface area contributed by atoms with E-state index in [4.69, 9.17) is 0 Å². The quantitative estimate of drug-likeness (QED) is 0.920. The molecular weight excluding hydrogens is 290 g/mol. The summed E-state index contributed by atoms with van der Waals surface area (Å²) in [5.41, 5.74) is 0.985. The lowest BCUT2D eigenvalue weighted by molar-refractivity contribution is 0.568. The molecule has 5 nitrogen and oxygen atoms in total. The number of nitrogens with one attached hydrogen (secondary N) is 1. The molecule has 0 aromatic carbocycles. The van der Waals surface area contributed by atoms with Crippen LogP contribution in [0.1, 0.15) is 45.3 Å². The van der Waals surface area contributed by atoms with E-state index in [-0.39, 0.29) is 5.41 Å². The Morgan fingerprint density at radius 2 is 1.90 bits per heavy atom. The Morgan fingerprint density at radius 3 is 2.55 bits per heavy atom. The van der Waals surface area contributed by atoms with Crippen LogP contribution in [-0.2, 0) is 11.8 Å². The van der Waals surface area contributed by atoms with Crippen LogP contribution in [0.2, 0.25) is 0 Å². The minimum atomic E-state index is -0.0205. The van der Waals surface area contributed by atoms with Crippen LogP contribution in [0, 0.1) is 0 Å². The summed E-state index contributed by atoms with van der Waals surface area (Å²) in [6.07, 6.45) is 0.910. The predicted molar refractivity (Wildman–Crippen MR) is 84.4 cm³/mol. The van der Waals surface area contributed by atoms with Crippen molar-refractivity contribution >= 4 is 22.9 Å². The largest absolute Gasteiger partial charge is 0.314 e. The van der Waals surface area contributed by atoms with Crippen LogP contribution in [0.3, 0.4) is 0 Å². The van der Waals surface area contributed by atoms with Crippen LogP contribution in [-0.4, -0.2) is 32.4 Å². The van der Waals surface area contributed by atoms with Crippen molar-refractivity contribution in [1.29, 1.82) is 0 Å². The molecule has 0 aliphatic rings. The average molecular weight is 311 g/mol. The Balaban J connectivity index is 2.11. The first-order chi connectivity index (χ1) is 9.38. The first kappa shape index (κ1) is 15.5. The van der Waals surface area contributed by atoms with Gasteiger partial charge in [-0.15, -0.1) is 15.3 Å². The van der Waals surface area contributed by atoms with E-state index in [0.29, 0.717) is 6.04 Å². The SMILES string of the molecule is CC(C)NCCc1nnc(-c2snnc2C(C)(C)C)s1. The lowest BCUT2D eigenvalue weighted by Crippen LogP contribution is -2.24. The molecule has 0 amide bonds. The fourth-order valence-corrected chi connectivity index (χ4v) is 3.51. The Bertz CT molecular complexity index is 553. The highest BCUT2D eigenvalue weighted by Crippen LogP contribution is 2.35. The summed E-state index contributed by atoms with van der Waals surface area (Å²) < 4.78 is 4.08. The maximum atomic E-state index is 4.30. The molecule has 0 atom stereocenters. The van der Waals surface area contributed by atoms with Gasteiger partial charge in [0.25, 0.3) is 0 Å². The van der Waals surface area contributed by atoms with Crippen molar-refractivity contribution in [3.05, 3.63) is 10.7 Å². The van der Waals surface area contributed by atoms with Crippen LogP contribution in [0.4, 0.5) is 0 Å². The molecule has 0 saturated carbocycles. The molecular formula is C13H21N5S2. The van der Waals surface area contributed by atoms with Crippen molar-refractivity contribution in [2.75, 3.05) is 6.54 Å². The van der Waals surface area contributed by atoms with Crippen molar-refractivity contribution in [2.45, 2.75) is 52.5 Å². The molecule has 0 radical (unpaired) electrons. The summed E-state index contributed by atoms with van der Waals surface area (Å²) in [6.45, 7) is 11.6. The maximum absolute atomic E-state index is 4.30. The van der Waals surface area contributed by atoms with Crippen molar-refractivity contribution in [1.82, 2.24) is 25.1 Å². The normalized spacial score (nSPS) is 12.3. The van der Waals surface area contributed by atoms with E-state index >= 15 is 0 Å². The van der Waals surface area contributed by atoms with Gasteiger partial charge in [0.2, 0.25) is 0 Å². The van der Waals surface area contributed by atoms with Gasteiger partial charge in [-0.1, -0.05) is 50.4 Å². The van der Waals surface area contributed by atoms with E-state index in [1.165, 1.54) is 11.5 Å². The summed E-state index contributed by atoms with van der Waals surface area (Å²) >= 11 is 3.04. The average Bonchev–Trinajstić information content (AvgIpc) is 2.94. The second-order valence-corrected chi connectivity index (χ2v) is 7.88. The van der Waals surface area contributed by atoms with Crippen LogP contribution in [0.25, 0.3) is 9.88 Å². The van der Waals surface area contributed by atoms with Crippen LogP contribution in [0.5, 0.6) is 0 Å². The molecule has 2 aromatic rings. The van der Waals surface area contributed by atoms with E-state index in [9.17, 15) is 0 Å². The number of aromatic nitrogens is 4. The molecule has 2 aromatic heterocycles. The molecule has 0 saturated heterocycles. The predicted octanol–water partition coefficient (Wildman–Crippen LogP) is 2.89. The minimum absolute atomic E-state index is 0.0205. The molecule has 0 bridgehead atoms. The molecule has 2 rings (SSSR count). The van der Waals surface area contributed by atoms with Crippen LogP contribution in [0.15, 0.2) is 0 Å². The van der Waals surface area contributed by atoms with Crippen LogP contribution < -0.4 is 5.32 Å². The first-order valence-electron chi connectivity index (χ1n) is 6.77. The summed E-state index contributed by atoms with van der Waals surface area (Å²) in [6, 6.07) is 0.501. The Labute approximate surface area is 128 Å². The van der Waals surface area contributed by atoms with Gasteiger partial charge in [-0.05, 0) is 11.5 Å². The lowest BCUT2D eigenvalue weighted by atomic mass is 9.91. The second-order valence-electron chi connectivity index (χ2n) is 6.06. The third-order valence-electron chi connectivity index (χ3n) is 2.75. The lowest BCUT2D eigenvalue weighted by Gasteiger charge is -2.15. The van der Waals surface area contributed by atoms with Crippen molar-refractivity contribution in [3.8, 4) is 9.88 Å². The van der Waals surface area contributed by atoms with Gasteiger partial charge in [0.1, 0.15) is 9.88 Å². The maximum Gasteiger partial charge on any atom is 0.161 e. The fraction of sp³-hybridized carbons (Fsp3) is 0.692. The zero-order valence-corrected chi connectivity index (χ0v) is 14.2. The molecule has 0 aliphatic carbocycles. The highest BCUT2D eigenvalue weighted by molar-refractivity contribution is 7.19. The highest BCUT2D eigenvalue weighted by atomic mass is 32.1. The van der Waals surface area contributed by atoms with Gasteiger partial charge in [0.15, 0.2) is 5.01 Å². The molecule has 0 fully saturated rings. The molecule has 0 spiro atoms. The zero-order chi connectivity index (χ0) is 14.8. The number of nitrogens with zero attached hydrogens (tertiary/aromatic N) is 4. The Kier molecular flexibility index (Phi) is 4.82. The summed E-state index contributed by atoms with van der Waals surface area (Å²) in [5, 5.41) is 18.2. The minimum Gasteiger partial charge on any atom is -0.314 e. The van der Waals surface area contributed by atoms with Gasteiger partial charge in [-0.25, -0.2) is 0 Å². The fourth-order valence-electron chi connectivity index (χ4n) is 1.74. The van der Waals surface area contributed by atoms with Crippen LogP contribution >= 0.6 is 22.9 Å². The second kappa shape index (κ2) is 6.24. The topological polar surface area (TPSA) is 63.6 Å². The smallest absolute Gasteiger partial charge is 0.161 e. The highest BCUT2D eigenvalue weighted by Gasteiger charge is 2.25. The molecule has 20 heavy (non-hydrogen) atoms. The van der Waals surface area contributed by atoms with Gasteiger partial charge in [0, 0.05) is 24.4 Å². The summed E-state index contributed by atoms with van der Waals surface area (Å²) in [7, 11) is 0. The molecule has 7 heteroatoms. The van der Waals surface area contributed by atoms with E-state index in [0.717, 1.165) is 33.6 Å². The van der Waals surface area contributed by atoms with Gasteiger partial charge >= 0.3 is 0 Å². The number of hydrogen-bond acceptors (Lipinski definition) is 7. The van der Waals surface area contributed by atoms with E-state index in [1.54, 1.807) is 11.3 Å². The standard InChI is InChI=1S/C13H21N5S2/c1-8(2)14-7-6-9-15-17-12(19-9)10-11(13(3,4)5)16-18-20-10/h8,14H,6-7H2,1-5H3. The molecule has 2 heterocycles. The molecule has 0 aliphatic heterocycles. The van der Waals surface area contributed by atoms with E-state index in [2.05, 4.69) is 59.7 Å². The van der Waals surface area contributed by atoms with Gasteiger partial charge in [0.05, 0.1) is 5.69 Å². The van der Waals surface area contributed by atoms with E-state index in [1.807, 2.05) is 0 Å². The van der Waals surface area contributed by atoms with Crippen molar-refractivity contribution < 1.29 is 0 Å². The van der Waals surface area contributed by atoms with Gasteiger partial charge in [-0.2, -0.15) is 0 Å². The number of hydrogen-bond donors (Lipinski definition) is 1. The molecule has 1 N–H and O–H groups in total. The van der Waals surface area contributed by atoms with Crippen molar-refractivity contribution in [3.63, 3.8) is 0 Å². The Hall–Kier alpha value is -0.920. The molecule has 110 valence electrons. The van der Waals surface area contributed by atoms with Crippen molar-refractivity contribution in [2.24, 2.45) is 0 Å². The molecule has 0 unspecified atom stereocenters. The number of rotatable bonds is 5.